The molecule has 30 heavy (non-hydrogen) atoms. The van der Waals surface area contributed by atoms with Crippen LogP contribution >= 0.6 is 23.5 Å². The van der Waals surface area contributed by atoms with Crippen molar-refractivity contribution in [2.75, 3.05) is 19.1 Å². The molecule has 0 heterocycles. The van der Waals surface area contributed by atoms with E-state index in [1.807, 2.05) is 51.3 Å². The summed E-state index contributed by atoms with van der Waals surface area (Å²) in [6.45, 7) is 7.70. The number of nitrogens with one attached hydrogen (secondary N) is 1. The van der Waals surface area contributed by atoms with Crippen LogP contribution in [0.5, 0.6) is 0 Å². The molecule has 0 radical (unpaired) electrons. The largest absolute Gasteiger partial charge is 0.478 e. The number of nitrogens with zero attached hydrogens (tertiary/aromatic N) is 1. The minimum Gasteiger partial charge on any atom is -0.478 e. The standard InChI is InChI=1S/C19H26N2O3S2.C2H6.C2H2/c1-5-15(19(23)24)18(26-6-2)21-16(22)12-9-13-7-10-14(11-8-13)17(20-3)25-4;2*1-2/h7-8,10-11H,5-6,9,12H2,1-4H3,(H,21,22)(H,23,24);1-2H3;1-2H/b18-15+,20-17?;;. The average Bonchev–Trinajstić information content (AvgIpc) is 2.77. The van der Waals surface area contributed by atoms with E-state index in [1.54, 1.807) is 25.7 Å². The van der Waals surface area contributed by atoms with E-state index < -0.39 is 5.97 Å². The van der Waals surface area contributed by atoms with Crippen LogP contribution in [0, 0.1) is 12.8 Å². The van der Waals surface area contributed by atoms with Crippen LogP contribution in [-0.2, 0) is 16.0 Å². The number of carboxylic acids is 1. The molecule has 0 bridgehead atoms. The highest BCUT2D eigenvalue weighted by Crippen LogP contribution is 2.20. The summed E-state index contributed by atoms with van der Waals surface area (Å²) >= 11 is 2.95. The molecule has 7 heteroatoms. The maximum Gasteiger partial charge on any atom is 0.334 e. The van der Waals surface area contributed by atoms with Crippen LogP contribution in [0.3, 0.4) is 0 Å². The van der Waals surface area contributed by atoms with Crippen molar-refractivity contribution in [2.24, 2.45) is 4.99 Å². The van der Waals surface area contributed by atoms with Crippen LogP contribution in [0.2, 0.25) is 0 Å². The third-order valence-electron chi connectivity index (χ3n) is 3.67. The number of hydrogen-bond acceptors (Lipinski definition) is 5. The molecule has 0 aliphatic rings. The molecular formula is C23H34N2O3S2. The molecule has 1 aromatic carbocycles. The van der Waals surface area contributed by atoms with Crippen molar-refractivity contribution >= 4 is 40.4 Å². The van der Waals surface area contributed by atoms with Gasteiger partial charge in [0.1, 0.15) is 0 Å². The number of aryl methyl sites for hydroxylation is 1. The van der Waals surface area contributed by atoms with Crippen molar-refractivity contribution in [3.05, 3.63) is 46.0 Å². The van der Waals surface area contributed by atoms with Crippen molar-refractivity contribution < 1.29 is 14.7 Å². The Morgan fingerprint density at radius 1 is 1.13 bits per heavy atom. The van der Waals surface area contributed by atoms with Crippen molar-refractivity contribution in [1.82, 2.24) is 5.32 Å². The quantitative estimate of drug-likeness (QED) is 0.234. The Balaban J connectivity index is 0. The number of terminal acetylenes is 1. The Morgan fingerprint density at radius 2 is 1.70 bits per heavy atom. The number of aliphatic carboxylic acids is 1. The number of aliphatic imine (C=N–C) groups is 1. The Morgan fingerprint density at radius 3 is 2.10 bits per heavy atom. The van der Waals surface area contributed by atoms with Gasteiger partial charge in [0.25, 0.3) is 0 Å². The molecule has 0 fully saturated rings. The highest BCUT2D eigenvalue weighted by Gasteiger charge is 2.15. The van der Waals surface area contributed by atoms with Crippen molar-refractivity contribution in [1.29, 1.82) is 0 Å². The summed E-state index contributed by atoms with van der Waals surface area (Å²) in [5.41, 5.74) is 2.37. The minimum atomic E-state index is -0.985. The third kappa shape index (κ3) is 11.1. The molecular weight excluding hydrogens is 416 g/mol. The lowest BCUT2D eigenvalue weighted by molar-refractivity contribution is -0.132. The summed E-state index contributed by atoms with van der Waals surface area (Å²) in [5.74, 6) is -0.455. The predicted octanol–water partition coefficient (Wildman–Crippen LogP) is 5.21. The van der Waals surface area contributed by atoms with E-state index in [0.717, 1.165) is 16.2 Å². The third-order valence-corrected chi connectivity index (χ3v) is 5.40. The summed E-state index contributed by atoms with van der Waals surface area (Å²) in [6.07, 6.45) is 11.3. The molecule has 1 aromatic rings. The number of carbonyl (C=O) groups is 2. The molecule has 5 nitrogen and oxygen atoms in total. The van der Waals surface area contributed by atoms with Gasteiger partial charge in [-0.3, -0.25) is 9.79 Å². The normalized spacial score (nSPS) is 11.1. The predicted molar refractivity (Wildman–Crippen MR) is 133 cm³/mol. The Hall–Kier alpha value is -2.17. The molecule has 0 saturated heterocycles. The zero-order valence-electron chi connectivity index (χ0n) is 18.8. The topological polar surface area (TPSA) is 78.8 Å². The van der Waals surface area contributed by atoms with Crippen molar-refractivity contribution in [3.63, 3.8) is 0 Å². The Bertz CT molecular complexity index is 724. The lowest BCUT2D eigenvalue weighted by atomic mass is 10.1. The maximum atomic E-state index is 12.2. The molecule has 0 spiro atoms. The molecule has 0 atom stereocenters. The number of rotatable bonds is 9. The van der Waals surface area contributed by atoms with Gasteiger partial charge in [-0.05, 0) is 30.4 Å². The first kappa shape index (κ1) is 30.0. The van der Waals surface area contributed by atoms with Gasteiger partial charge in [0.2, 0.25) is 5.91 Å². The van der Waals surface area contributed by atoms with Gasteiger partial charge < -0.3 is 10.4 Å². The van der Waals surface area contributed by atoms with E-state index in [4.69, 9.17) is 0 Å². The second kappa shape index (κ2) is 18.8. The fourth-order valence-electron chi connectivity index (χ4n) is 2.35. The number of carbonyl (C=O) groups excluding carboxylic acids is 1. The molecule has 1 amide bonds. The Kier molecular flexibility index (Phi) is 18.8. The van der Waals surface area contributed by atoms with Gasteiger partial charge in [0, 0.05) is 19.0 Å². The molecule has 0 saturated carbocycles. The number of hydrogen-bond donors (Lipinski definition) is 2. The maximum absolute atomic E-state index is 12.2. The molecule has 1 rings (SSSR count). The van der Waals surface area contributed by atoms with Gasteiger partial charge >= 0.3 is 5.97 Å². The second-order valence-electron chi connectivity index (χ2n) is 5.38. The second-order valence-corrected chi connectivity index (χ2v) is 7.45. The number of carboxylic acid groups (broad SMARTS) is 1. The lowest BCUT2D eigenvalue weighted by Gasteiger charge is -2.12. The minimum absolute atomic E-state index is 0.169. The van der Waals surface area contributed by atoms with Crippen molar-refractivity contribution in [3.8, 4) is 12.8 Å². The fraction of sp³-hybridized carbons (Fsp3) is 0.435. The van der Waals surface area contributed by atoms with Crippen LogP contribution in [0.4, 0.5) is 0 Å². The number of thioether (sulfide) groups is 2. The molecule has 0 aliphatic carbocycles. The zero-order valence-corrected chi connectivity index (χ0v) is 20.5. The highest BCUT2D eigenvalue weighted by atomic mass is 32.2. The van der Waals surface area contributed by atoms with Gasteiger partial charge in [0.05, 0.1) is 15.6 Å². The average molecular weight is 451 g/mol. The zero-order chi connectivity index (χ0) is 23.5. The van der Waals surface area contributed by atoms with Gasteiger partial charge in [-0.2, -0.15) is 0 Å². The van der Waals surface area contributed by atoms with E-state index in [-0.39, 0.29) is 11.5 Å². The highest BCUT2D eigenvalue weighted by molar-refractivity contribution is 8.13. The van der Waals surface area contributed by atoms with Gasteiger partial charge in [-0.1, -0.05) is 52.0 Å². The number of benzene rings is 1. The van der Waals surface area contributed by atoms with Crippen molar-refractivity contribution in [2.45, 2.75) is 47.0 Å². The first-order valence-corrected chi connectivity index (χ1v) is 12.0. The van der Waals surface area contributed by atoms with Crippen LogP contribution in [0.1, 0.15) is 51.7 Å². The van der Waals surface area contributed by atoms with E-state index in [2.05, 4.69) is 23.2 Å². The van der Waals surface area contributed by atoms with E-state index in [0.29, 0.717) is 30.0 Å². The first-order chi connectivity index (χ1) is 14.5. The molecule has 0 aliphatic heterocycles. The Labute approximate surface area is 190 Å². The smallest absolute Gasteiger partial charge is 0.334 e. The summed E-state index contributed by atoms with van der Waals surface area (Å²) in [4.78, 5) is 27.8. The van der Waals surface area contributed by atoms with Crippen LogP contribution in [0.15, 0.2) is 39.9 Å². The van der Waals surface area contributed by atoms with Gasteiger partial charge in [-0.15, -0.1) is 36.4 Å². The van der Waals surface area contributed by atoms with E-state index in [9.17, 15) is 14.7 Å². The lowest BCUT2D eigenvalue weighted by Crippen LogP contribution is -2.24. The molecule has 2 N–H and O–H groups in total. The monoisotopic (exact) mass is 450 g/mol. The first-order valence-electron chi connectivity index (χ1n) is 9.79. The van der Waals surface area contributed by atoms with E-state index in [1.165, 1.54) is 11.8 Å². The van der Waals surface area contributed by atoms with Crippen LogP contribution in [-0.4, -0.2) is 41.1 Å². The van der Waals surface area contributed by atoms with Gasteiger partial charge in [-0.25, -0.2) is 4.79 Å². The van der Waals surface area contributed by atoms with Gasteiger partial charge in [0.15, 0.2) is 0 Å². The summed E-state index contributed by atoms with van der Waals surface area (Å²) in [7, 11) is 1.77. The van der Waals surface area contributed by atoms with E-state index >= 15 is 0 Å². The fourth-order valence-corrected chi connectivity index (χ4v) is 3.79. The molecule has 0 aromatic heterocycles. The van der Waals surface area contributed by atoms with Crippen LogP contribution in [0.25, 0.3) is 0 Å². The molecule has 166 valence electrons. The SMILES string of the molecule is C#C.CC.CCS/C(NC(=O)CCc1ccc(C(=NC)SC)cc1)=C(\CC)C(=O)O. The summed E-state index contributed by atoms with van der Waals surface area (Å²) in [6, 6.07) is 8.00. The van der Waals surface area contributed by atoms with Crippen LogP contribution < -0.4 is 5.32 Å². The summed E-state index contributed by atoms with van der Waals surface area (Å²) < 4.78 is 0. The molecule has 0 unspecified atom stereocenters. The number of amides is 1. The summed E-state index contributed by atoms with van der Waals surface area (Å²) in [5, 5.41) is 13.5.